The molecule has 0 N–H and O–H groups in total. The van der Waals surface area contributed by atoms with Crippen LogP contribution >= 0.6 is 34.8 Å². The average Bonchev–Trinajstić information content (AvgIpc) is 3.32. The van der Waals surface area contributed by atoms with Crippen molar-refractivity contribution in [2.45, 2.75) is 19.4 Å². The van der Waals surface area contributed by atoms with E-state index in [1.54, 1.807) is 6.20 Å². The molecule has 1 spiro atoms. The molecule has 4 rings (SSSR count). The summed E-state index contributed by atoms with van der Waals surface area (Å²) in [6.07, 6.45) is 5.16. The van der Waals surface area contributed by atoms with Gasteiger partial charge >= 0.3 is 6.03 Å². The second kappa shape index (κ2) is 7.04. The molecule has 0 unspecified atom stereocenters. The maximum absolute atomic E-state index is 12.6. The summed E-state index contributed by atoms with van der Waals surface area (Å²) in [7, 11) is 0. The van der Waals surface area contributed by atoms with Gasteiger partial charge in [0.05, 0.1) is 27.5 Å². The Morgan fingerprint density at radius 2 is 1.92 bits per heavy atom. The standard InChI is InChI=1S/C18H19Cl3N4O/c19-14-8-22-25(10-14)17(26)24-6-4-18(12-24)3-5-23(11-18)9-13-1-2-15(20)16(21)7-13/h1-2,7-8,10H,3-6,9,11-12H2/t18-/m0/s1. The lowest BCUT2D eigenvalue weighted by Gasteiger charge is -2.24. The number of carbonyl (C=O) groups excluding carboxylic acids is 1. The van der Waals surface area contributed by atoms with E-state index in [2.05, 4.69) is 10.00 Å². The Morgan fingerprint density at radius 3 is 2.65 bits per heavy atom. The zero-order valence-electron chi connectivity index (χ0n) is 14.2. The van der Waals surface area contributed by atoms with Crippen LogP contribution in [0.25, 0.3) is 0 Å². The molecule has 0 bridgehead atoms. The Labute approximate surface area is 167 Å². The zero-order chi connectivity index (χ0) is 18.3. The van der Waals surface area contributed by atoms with Crippen LogP contribution in [0.3, 0.4) is 0 Å². The van der Waals surface area contributed by atoms with E-state index >= 15 is 0 Å². The molecule has 26 heavy (non-hydrogen) atoms. The van der Waals surface area contributed by atoms with Crippen molar-refractivity contribution in [1.82, 2.24) is 19.6 Å². The maximum Gasteiger partial charge on any atom is 0.344 e. The fourth-order valence-corrected chi connectivity index (χ4v) is 4.50. The SMILES string of the molecule is O=C(N1CC[C@]2(CCN(Cc3ccc(Cl)c(Cl)c3)C2)C1)n1cc(Cl)cn1. The average molecular weight is 414 g/mol. The minimum Gasteiger partial charge on any atom is -0.322 e. The monoisotopic (exact) mass is 412 g/mol. The van der Waals surface area contributed by atoms with Crippen LogP contribution in [0.15, 0.2) is 30.6 Å². The molecule has 2 saturated heterocycles. The molecule has 3 heterocycles. The van der Waals surface area contributed by atoms with Crippen LogP contribution in [0.5, 0.6) is 0 Å². The van der Waals surface area contributed by atoms with Crippen molar-refractivity contribution in [2.75, 3.05) is 26.2 Å². The minimum absolute atomic E-state index is 0.100. The molecule has 1 atom stereocenters. The fraction of sp³-hybridized carbons (Fsp3) is 0.444. The van der Waals surface area contributed by atoms with E-state index in [0.717, 1.165) is 51.1 Å². The third-order valence-corrected chi connectivity index (χ3v) is 6.30. The van der Waals surface area contributed by atoms with E-state index in [0.29, 0.717) is 15.1 Å². The largest absolute Gasteiger partial charge is 0.344 e. The Balaban J connectivity index is 1.38. The van der Waals surface area contributed by atoms with E-state index in [1.165, 1.54) is 10.9 Å². The van der Waals surface area contributed by atoms with Gasteiger partial charge in [-0.2, -0.15) is 9.78 Å². The van der Waals surface area contributed by atoms with Crippen LogP contribution in [0.2, 0.25) is 15.1 Å². The van der Waals surface area contributed by atoms with Crippen LogP contribution in [-0.4, -0.2) is 51.8 Å². The van der Waals surface area contributed by atoms with Gasteiger partial charge in [-0.15, -0.1) is 0 Å². The molecule has 0 radical (unpaired) electrons. The highest BCUT2D eigenvalue weighted by Crippen LogP contribution is 2.40. The second-order valence-electron chi connectivity index (χ2n) is 7.27. The summed E-state index contributed by atoms with van der Waals surface area (Å²) in [6.45, 7) is 4.38. The van der Waals surface area contributed by atoms with E-state index in [-0.39, 0.29) is 11.4 Å². The highest BCUT2D eigenvalue weighted by atomic mass is 35.5. The second-order valence-corrected chi connectivity index (χ2v) is 8.52. The Morgan fingerprint density at radius 1 is 1.12 bits per heavy atom. The zero-order valence-corrected chi connectivity index (χ0v) is 16.4. The van der Waals surface area contributed by atoms with Crippen LogP contribution in [0.1, 0.15) is 18.4 Å². The number of hydrogen-bond acceptors (Lipinski definition) is 3. The third-order valence-electron chi connectivity index (χ3n) is 5.36. The molecule has 8 heteroatoms. The van der Waals surface area contributed by atoms with Crippen molar-refractivity contribution < 1.29 is 4.79 Å². The summed E-state index contributed by atoms with van der Waals surface area (Å²) in [6, 6.07) is 5.69. The van der Waals surface area contributed by atoms with Gasteiger partial charge in [0.2, 0.25) is 0 Å². The first kappa shape index (κ1) is 18.1. The minimum atomic E-state index is -0.100. The van der Waals surface area contributed by atoms with Crippen LogP contribution < -0.4 is 0 Å². The number of aromatic nitrogens is 2. The van der Waals surface area contributed by atoms with Crippen molar-refractivity contribution in [3.05, 3.63) is 51.2 Å². The lowest BCUT2D eigenvalue weighted by Crippen LogP contribution is -2.36. The number of rotatable bonds is 2. The number of carbonyl (C=O) groups is 1. The molecule has 0 aliphatic carbocycles. The van der Waals surface area contributed by atoms with E-state index in [4.69, 9.17) is 34.8 Å². The Kier molecular flexibility index (Phi) is 4.90. The molecule has 2 aliphatic rings. The van der Waals surface area contributed by atoms with Crippen molar-refractivity contribution in [3.8, 4) is 0 Å². The first-order valence-electron chi connectivity index (χ1n) is 8.60. The van der Waals surface area contributed by atoms with Gasteiger partial charge in [-0.05, 0) is 37.1 Å². The molecule has 2 aromatic rings. The summed E-state index contributed by atoms with van der Waals surface area (Å²) in [4.78, 5) is 16.9. The number of benzene rings is 1. The summed E-state index contributed by atoms with van der Waals surface area (Å²) in [5.41, 5.74) is 1.33. The molecule has 1 aromatic carbocycles. The van der Waals surface area contributed by atoms with Gasteiger partial charge in [0.25, 0.3) is 0 Å². The van der Waals surface area contributed by atoms with E-state index in [1.807, 2.05) is 23.1 Å². The molecule has 1 amide bonds. The highest BCUT2D eigenvalue weighted by molar-refractivity contribution is 6.42. The molecule has 2 aliphatic heterocycles. The topological polar surface area (TPSA) is 41.4 Å². The molecular weight excluding hydrogens is 395 g/mol. The first-order valence-corrected chi connectivity index (χ1v) is 9.73. The first-order chi connectivity index (χ1) is 12.4. The van der Waals surface area contributed by atoms with Gasteiger partial charge in [0.1, 0.15) is 0 Å². The summed E-state index contributed by atoms with van der Waals surface area (Å²) in [5.74, 6) is 0. The van der Waals surface area contributed by atoms with E-state index in [9.17, 15) is 4.79 Å². The number of hydrogen-bond donors (Lipinski definition) is 0. The molecule has 2 fully saturated rings. The Bertz CT molecular complexity index is 840. The molecule has 5 nitrogen and oxygen atoms in total. The van der Waals surface area contributed by atoms with Crippen molar-refractivity contribution in [1.29, 1.82) is 0 Å². The van der Waals surface area contributed by atoms with Crippen molar-refractivity contribution >= 4 is 40.8 Å². The fourth-order valence-electron chi connectivity index (χ4n) is 4.04. The number of likely N-dealkylation sites (tertiary alicyclic amines) is 2. The highest BCUT2D eigenvalue weighted by Gasteiger charge is 2.44. The lowest BCUT2D eigenvalue weighted by atomic mass is 9.86. The lowest BCUT2D eigenvalue weighted by molar-refractivity contribution is 0.196. The van der Waals surface area contributed by atoms with Gasteiger partial charge in [-0.3, -0.25) is 4.90 Å². The molecule has 1 aromatic heterocycles. The third kappa shape index (κ3) is 3.58. The molecule has 138 valence electrons. The predicted octanol–water partition coefficient (Wildman–Crippen LogP) is 4.41. The van der Waals surface area contributed by atoms with E-state index < -0.39 is 0 Å². The van der Waals surface area contributed by atoms with Gasteiger partial charge in [0, 0.05) is 31.6 Å². The van der Waals surface area contributed by atoms with Crippen LogP contribution in [0.4, 0.5) is 4.79 Å². The summed E-state index contributed by atoms with van der Waals surface area (Å²) >= 11 is 18.0. The summed E-state index contributed by atoms with van der Waals surface area (Å²) < 4.78 is 1.32. The summed E-state index contributed by atoms with van der Waals surface area (Å²) in [5, 5.41) is 5.67. The van der Waals surface area contributed by atoms with Crippen molar-refractivity contribution in [2.24, 2.45) is 5.41 Å². The van der Waals surface area contributed by atoms with Crippen LogP contribution in [-0.2, 0) is 6.54 Å². The predicted molar refractivity (Wildman–Crippen MR) is 103 cm³/mol. The van der Waals surface area contributed by atoms with Gasteiger partial charge in [0.15, 0.2) is 0 Å². The number of nitrogens with zero attached hydrogens (tertiary/aromatic N) is 4. The molecule has 0 saturated carbocycles. The smallest absolute Gasteiger partial charge is 0.322 e. The maximum atomic E-state index is 12.6. The Hall–Kier alpha value is -1.27. The normalized spacial score (nSPS) is 23.3. The van der Waals surface area contributed by atoms with Gasteiger partial charge in [-0.1, -0.05) is 40.9 Å². The molecular formula is C18H19Cl3N4O. The van der Waals surface area contributed by atoms with Gasteiger partial charge in [-0.25, -0.2) is 4.79 Å². The van der Waals surface area contributed by atoms with Gasteiger partial charge < -0.3 is 4.90 Å². The number of amides is 1. The van der Waals surface area contributed by atoms with Crippen molar-refractivity contribution in [3.63, 3.8) is 0 Å². The van der Waals surface area contributed by atoms with Crippen LogP contribution in [0, 0.1) is 5.41 Å². The quantitative estimate of drug-likeness (QED) is 0.732. The number of halogens is 3.